The van der Waals surface area contributed by atoms with Crippen molar-refractivity contribution in [2.45, 2.75) is 39.2 Å². The second-order valence-corrected chi connectivity index (χ2v) is 5.48. The van der Waals surface area contributed by atoms with Crippen LogP contribution in [0.15, 0.2) is 10.9 Å². The number of nitrogens with zero attached hydrogens (tertiary/aromatic N) is 1. The van der Waals surface area contributed by atoms with E-state index in [9.17, 15) is 14.4 Å². The molecule has 1 aromatic heterocycles. The third-order valence-electron chi connectivity index (χ3n) is 3.97. The van der Waals surface area contributed by atoms with Crippen molar-refractivity contribution in [1.29, 1.82) is 0 Å². The zero-order valence-electron chi connectivity index (χ0n) is 13.1. The number of hydrogen-bond donors (Lipinski definition) is 2. The van der Waals surface area contributed by atoms with Crippen LogP contribution in [0.25, 0.3) is 0 Å². The third-order valence-corrected chi connectivity index (χ3v) is 3.97. The Morgan fingerprint density at radius 3 is 2.77 bits per heavy atom. The number of methoxy groups -OCH3 is 1. The first-order chi connectivity index (χ1) is 10.4. The van der Waals surface area contributed by atoms with E-state index in [0.717, 1.165) is 24.1 Å². The van der Waals surface area contributed by atoms with Gasteiger partial charge in [0.2, 0.25) is 5.91 Å². The fraction of sp³-hybridized carbons (Fsp3) is 0.533. The molecule has 1 atom stereocenters. The highest BCUT2D eigenvalue weighted by Gasteiger charge is 2.33. The van der Waals surface area contributed by atoms with Gasteiger partial charge in [0.1, 0.15) is 11.7 Å². The van der Waals surface area contributed by atoms with Crippen LogP contribution in [-0.2, 0) is 9.53 Å². The number of carbonyl (C=O) groups excluding carboxylic acids is 2. The van der Waals surface area contributed by atoms with E-state index >= 15 is 0 Å². The van der Waals surface area contributed by atoms with Gasteiger partial charge in [0, 0.05) is 12.2 Å². The number of ether oxygens (including phenoxy) is 1. The summed E-state index contributed by atoms with van der Waals surface area (Å²) in [6.45, 7) is 4.12. The summed E-state index contributed by atoms with van der Waals surface area (Å²) in [6, 6.07) is 1.03. The zero-order valence-corrected chi connectivity index (χ0v) is 13.1. The highest BCUT2D eigenvalue weighted by atomic mass is 16.5. The van der Waals surface area contributed by atoms with Gasteiger partial charge in [0.05, 0.1) is 7.11 Å². The largest absolute Gasteiger partial charge is 0.453 e. The van der Waals surface area contributed by atoms with Gasteiger partial charge in [0.15, 0.2) is 0 Å². The first-order valence-corrected chi connectivity index (χ1v) is 7.30. The Hall–Kier alpha value is -2.31. The summed E-state index contributed by atoms with van der Waals surface area (Å²) < 4.78 is 4.72. The minimum Gasteiger partial charge on any atom is -0.453 e. The Balaban J connectivity index is 2.18. The normalized spacial score (nSPS) is 18.0. The van der Waals surface area contributed by atoms with Gasteiger partial charge in [-0.25, -0.2) is 4.79 Å². The molecule has 22 heavy (non-hydrogen) atoms. The van der Waals surface area contributed by atoms with Crippen LogP contribution in [0.1, 0.15) is 30.5 Å². The van der Waals surface area contributed by atoms with Crippen LogP contribution >= 0.6 is 0 Å². The standard InChI is InChI=1S/C15H21N3O4/c1-9-8-11(13(19)16-10(9)2)17-14(20)12-6-4-5-7-18(12)15(21)22-3/h8,12H,4-7H2,1-3H3,(H,16,19)(H,17,20). The quantitative estimate of drug-likeness (QED) is 0.867. The molecule has 7 nitrogen and oxygen atoms in total. The van der Waals surface area contributed by atoms with Gasteiger partial charge >= 0.3 is 6.09 Å². The van der Waals surface area contributed by atoms with Crippen molar-refractivity contribution in [3.8, 4) is 0 Å². The Morgan fingerprint density at radius 2 is 2.09 bits per heavy atom. The maximum atomic E-state index is 12.4. The van der Waals surface area contributed by atoms with E-state index in [4.69, 9.17) is 4.74 Å². The number of likely N-dealkylation sites (tertiary alicyclic amines) is 1. The monoisotopic (exact) mass is 307 g/mol. The maximum absolute atomic E-state index is 12.4. The van der Waals surface area contributed by atoms with Gasteiger partial charge in [0.25, 0.3) is 5.56 Å². The van der Waals surface area contributed by atoms with E-state index < -0.39 is 12.1 Å². The fourth-order valence-electron chi connectivity index (χ4n) is 2.58. The summed E-state index contributed by atoms with van der Waals surface area (Å²) in [5, 5.41) is 2.62. The third kappa shape index (κ3) is 3.29. The number of aryl methyl sites for hydroxylation is 2. The summed E-state index contributed by atoms with van der Waals surface area (Å²) in [5.41, 5.74) is 1.49. The molecule has 0 bridgehead atoms. The van der Waals surface area contributed by atoms with E-state index in [2.05, 4.69) is 10.3 Å². The van der Waals surface area contributed by atoms with Crippen molar-refractivity contribution in [2.24, 2.45) is 0 Å². The van der Waals surface area contributed by atoms with Crippen molar-refractivity contribution in [3.63, 3.8) is 0 Å². The molecule has 1 aliphatic heterocycles. The maximum Gasteiger partial charge on any atom is 0.410 e. The molecule has 7 heteroatoms. The highest BCUT2D eigenvalue weighted by molar-refractivity contribution is 5.96. The molecule has 2 N–H and O–H groups in total. The molecule has 1 aliphatic rings. The number of aromatic amines is 1. The number of rotatable bonds is 2. The second kappa shape index (κ2) is 6.64. The lowest BCUT2D eigenvalue weighted by atomic mass is 10.0. The Labute approximate surface area is 128 Å². The van der Waals surface area contributed by atoms with Gasteiger partial charge in [-0.05, 0) is 44.7 Å². The molecule has 2 heterocycles. The van der Waals surface area contributed by atoms with Gasteiger partial charge < -0.3 is 15.0 Å². The van der Waals surface area contributed by atoms with E-state index in [1.54, 1.807) is 13.0 Å². The molecule has 0 spiro atoms. The summed E-state index contributed by atoms with van der Waals surface area (Å²) >= 11 is 0. The molecule has 0 saturated carbocycles. The average Bonchev–Trinajstić information content (AvgIpc) is 2.51. The van der Waals surface area contributed by atoms with E-state index in [-0.39, 0.29) is 17.2 Å². The lowest BCUT2D eigenvalue weighted by Gasteiger charge is -2.33. The number of pyridine rings is 1. The number of anilines is 1. The van der Waals surface area contributed by atoms with Gasteiger partial charge in [-0.1, -0.05) is 0 Å². The predicted octanol–water partition coefficient (Wildman–Crippen LogP) is 1.55. The van der Waals surface area contributed by atoms with E-state index in [0.29, 0.717) is 13.0 Å². The van der Waals surface area contributed by atoms with Crippen LogP contribution in [0, 0.1) is 13.8 Å². The molecule has 0 radical (unpaired) electrons. The zero-order chi connectivity index (χ0) is 16.3. The van der Waals surface area contributed by atoms with Crippen LogP contribution in [0.2, 0.25) is 0 Å². The number of aromatic nitrogens is 1. The van der Waals surface area contributed by atoms with Crippen LogP contribution in [-0.4, -0.2) is 41.6 Å². The van der Waals surface area contributed by atoms with E-state index in [1.807, 2.05) is 6.92 Å². The summed E-state index contributed by atoms with van der Waals surface area (Å²) in [4.78, 5) is 40.2. The minimum atomic E-state index is -0.609. The first-order valence-electron chi connectivity index (χ1n) is 7.30. The van der Waals surface area contributed by atoms with Crippen molar-refractivity contribution < 1.29 is 14.3 Å². The van der Waals surface area contributed by atoms with Gasteiger partial charge in [-0.2, -0.15) is 0 Å². The molecule has 2 rings (SSSR count). The smallest absolute Gasteiger partial charge is 0.410 e. The molecule has 0 aliphatic carbocycles. The Morgan fingerprint density at radius 1 is 1.36 bits per heavy atom. The van der Waals surface area contributed by atoms with Crippen molar-refractivity contribution in [1.82, 2.24) is 9.88 Å². The minimum absolute atomic E-state index is 0.198. The van der Waals surface area contributed by atoms with Crippen molar-refractivity contribution >= 4 is 17.7 Å². The van der Waals surface area contributed by atoms with Gasteiger partial charge in [-0.15, -0.1) is 0 Å². The molecule has 0 aromatic carbocycles. The summed E-state index contributed by atoms with van der Waals surface area (Å²) in [7, 11) is 1.29. The van der Waals surface area contributed by atoms with Crippen LogP contribution in [0.3, 0.4) is 0 Å². The first kappa shape index (κ1) is 16.1. The number of H-pyrrole nitrogens is 1. The van der Waals surface area contributed by atoms with Crippen LogP contribution in [0.5, 0.6) is 0 Å². The lowest BCUT2D eigenvalue weighted by Crippen LogP contribution is -2.50. The number of piperidine rings is 1. The number of nitrogens with one attached hydrogen (secondary N) is 2. The molecule has 120 valence electrons. The molecule has 1 saturated heterocycles. The Bertz CT molecular complexity index is 638. The lowest BCUT2D eigenvalue weighted by molar-refractivity contribution is -0.121. The Kier molecular flexibility index (Phi) is 4.85. The summed E-state index contributed by atoms with van der Waals surface area (Å²) in [5.74, 6) is -0.362. The number of hydrogen-bond acceptors (Lipinski definition) is 4. The second-order valence-electron chi connectivity index (χ2n) is 5.48. The number of amides is 2. The molecule has 1 unspecified atom stereocenters. The van der Waals surface area contributed by atoms with Crippen LogP contribution in [0.4, 0.5) is 10.5 Å². The average molecular weight is 307 g/mol. The predicted molar refractivity (Wildman–Crippen MR) is 81.9 cm³/mol. The summed E-state index contributed by atoms with van der Waals surface area (Å²) in [6.07, 6.45) is 1.73. The molecule has 1 aromatic rings. The fourth-order valence-corrected chi connectivity index (χ4v) is 2.58. The highest BCUT2D eigenvalue weighted by Crippen LogP contribution is 2.19. The molecular formula is C15H21N3O4. The van der Waals surface area contributed by atoms with Crippen molar-refractivity contribution in [3.05, 3.63) is 27.7 Å². The molecule has 2 amide bonds. The SMILES string of the molecule is COC(=O)N1CCCCC1C(=O)Nc1cc(C)c(C)[nH]c1=O. The number of carbonyl (C=O) groups is 2. The van der Waals surface area contributed by atoms with Crippen molar-refractivity contribution in [2.75, 3.05) is 19.0 Å². The van der Waals surface area contributed by atoms with E-state index in [1.165, 1.54) is 12.0 Å². The van der Waals surface area contributed by atoms with Gasteiger partial charge in [-0.3, -0.25) is 14.5 Å². The molecule has 1 fully saturated rings. The molecular weight excluding hydrogens is 286 g/mol. The topological polar surface area (TPSA) is 91.5 Å². The van der Waals surface area contributed by atoms with Crippen LogP contribution < -0.4 is 10.9 Å².